The standard InChI is InChI=1S/C17H21ClN4O3/c1-24-9-8-20-16-14(17(23)21-13-6-7-19-10-13)15(25-22-16)11-2-4-12(18)5-3-11/h2-5,13,19H,6-10H2,1H3,(H,20,22)(H,21,23)/t13-/m1/s1. The van der Waals surface area contributed by atoms with E-state index in [0.717, 1.165) is 25.1 Å². The number of carbonyl (C=O) groups excluding carboxylic acids is 1. The van der Waals surface area contributed by atoms with Crippen LogP contribution in [0, 0.1) is 0 Å². The van der Waals surface area contributed by atoms with Gasteiger partial charge in [0, 0.05) is 36.8 Å². The van der Waals surface area contributed by atoms with E-state index in [1.165, 1.54) is 0 Å². The molecule has 25 heavy (non-hydrogen) atoms. The Morgan fingerprint density at radius 3 is 2.92 bits per heavy atom. The van der Waals surface area contributed by atoms with Crippen molar-refractivity contribution in [3.8, 4) is 11.3 Å². The molecule has 1 aromatic carbocycles. The maximum absolute atomic E-state index is 12.8. The normalized spacial score (nSPS) is 16.8. The van der Waals surface area contributed by atoms with E-state index in [1.807, 2.05) is 0 Å². The molecule has 0 saturated carbocycles. The number of ether oxygens (including phenoxy) is 1. The summed E-state index contributed by atoms with van der Waals surface area (Å²) < 4.78 is 10.5. The predicted molar refractivity (Wildman–Crippen MR) is 96.1 cm³/mol. The summed E-state index contributed by atoms with van der Waals surface area (Å²) in [6.45, 7) is 2.68. The van der Waals surface area contributed by atoms with Gasteiger partial charge >= 0.3 is 0 Å². The number of rotatable bonds is 7. The number of carbonyl (C=O) groups is 1. The summed E-state index contributed by atoms with van der Waals surface area (Å²) in [5, 5.41) is 14.0. The van der Waals surface area contributed by atoms with Gasteiger partial charge in [0.05, 0.1) is 6.61 Å². The van der Waals surface area contributed by atoms with Crippen molar-refractivity contribution in [2.24, 2.45) is 0 Å². The highest BCUT2D eigenvalue weighted by Crippen LogP contribution is 2.30. The van der Waals surface area contributed by atoms with Gasteiger partial charge in [0.1, 0.15) is 5.56 Å². The molecular weight excluding hydrogens is 344 g/mol. The molecule has 1 saturated heterocycles. The molecule has 2 aromatic rings. The van der Waals surface area contributed by atoms with Crippen molar-refractivity contribution < 1.29 is 14.1 Å². The van der Waals surface area contributed by atoms with Crippen molar-refractivity contribution in [2.45, 2.75) is 12.5 Å². The molecule has 7 nitrogen and oxygen atoms in total. The summed E-state index contributed by atoms with van der Waals surface area (Å²) in [7, 11) is 1.62. The van der Waals surface area contributed by atoms with Crippen molar-refractivity contribution in [3.05, 3.63) is 34.9 Å². The molecule has 1 aliphatic rings. The van der Waals surface area contributed by atoms with E-state index in [9.17, 15) is 4.79 Å². The number of hydrogen-bond acceptors (Lipinski definition) is 6. The third kappa shape index (κ3) is 4.31. The topological polar surface area (TPSA) is 88.4 Å². The SMILES string of the molecule is COCCNc1noc(-c2ccc(Cl)cc2)c1C(=O)N[C@@H]1CCNC1. The highest BCUT2D eigenvalue weighted by Gasteiger charge is 2.26. The Balaban J connectivity index is 1.88. The first kappa shape index (κ1) is 17.7. The Kier molecular flexibility index (Phi) is 5.91. The molecule has 0 radical (unpaired) electrons. The van der Waals surface area contributed by atoms with Crippen LogP contribution >= 0.6 is 11.6 Å². The van der Waals surface area contributed by atoms with Crippen LogP contribution in [0.3, 0.4) is 0 Å². The summed E-state index contributed by atoms with van der Waals surface area (Å²) in [6, 6.07) is 7.21. The largest absolute Gasteiger partial charge is 0.383 e. The number of amides is 1. The van der Waals surface area contributed by atoms with Gasteiger partial charge in [-0.3, -0.25) is 4.79 Å². The molecule has 1 atom stereocenters. The lowest BCUT2D eigenvalue weighted by Gasteiger charge is -2.12. The average molecular weight is 365 g/mol. The fourth-order valence-corrected chi connectivity index (χ4v) is 2.85. The third-order valence-electron chi connectivity index (χ3n) is 4.02. The van der Waals surface area contributed by atoms with Gasteiger partial charge in [0.15, 0.2) is 11.6 Å². The molecule has 3 N–H and O–H groups in total. The van der Waals surface area contributed by atoms with Gasteiger partial charge < -0.3 is 25.2 Å². The van der Waals surface area contributed by atoms with Gasteiger partial charge in [-0.1, -0.05) is 16.8 Å². The Morgan fingerprint density at radius 1 is 1.44 bits per heavy atom. The highest BCUT2D eigenvalue weighted by molar-refractivity contribution is 6.30. The summed E-state index contributed by atoms with van der Waals surface area (Å²) >= 11 is 5.95. The minimum Gasteiger partial charge on any atom is -0.383 e. The van der Waals surface area contributed by atoms with E-state index in [4.69, 9.17) is 20.9 Å². The average Bonchev–Trinajstić information content (AvgIpc) is 3.25. The molecule has 134 valence electrons. The molecule has 0 unspecified atom stereocenters. The summed E-state index contributed by atoms with van der Waals surface area (Å²) in [4.78, 5) is 12.8. The van der Waals surface area contributed by atoms with Gasteiger partial charge in [-0.25, -0.2) is 0 Å². The van der Waals surface area contributed by atoms with Crippen molar-refractivity contribution >= 4 is 23.3 Å². The molecule has 8 heteroatoms. The molecule has 2 heterocycles. The third-order valence-corrected chi connectivity index (χ3v) is 4.27. The van der Waals surface area contributed by atoms with Crippen LogP contribution in [0.5, 0.6) is 0 Å². The zero-order chi connectivity index (χ0) is 17.6. The molecule has 3 rings (SSSR count). The van der Waals surface area contributed by atoms with Gasteiger partial charge in [-0.05, 0) is 37.2 Å². The van der Waals surface area contributed by atoms with E-state index in [-0.39, 0.29) is 11.9 Å². The number of nitrogens with zero attached hydrogens (tertiary/aromatic N) is 1. The van der Waals surface area contributed by atoms with Crippen LogP contribution in [0.2, 0.25) is 5.02 Å². The number of halogens is 1. The van der Waals surface area contributed by atoms with Crippen molar-refractivity contribution in [3.63, 3.8) is 0 Å². The molecule has 0 spiro atoms. The lowest BCUT2D eigenvalue weighted by molar-refractivity contribution is 0.0941. The maximum atomic E-state index is 12.8. The lowest BCUT2D eigenvalue weighted by Crippen LogP contribution is -2.36. The molecule has 0 bridgehead atoms. The monoisotopic (exact) mass is 364 g/mol. The minimum absolute atomic E-state index is 0.104. The van der Waals surface area contributed by atoms with E-state index >= 15 is 0 Å². The van der Waals surface area contributed by atoms with Crippen LogP contribution in [0.1, 0.15) is 16.8 Å². The Hall–Kier alpha value is -2.09. The first-order chi connectivity index (χ1) is 12.2. The summed E-state index contributed by atoms with van der Waals surface area (Å²) in [5.74, 6) is 0.616. The predicted octanol–water partition coefficient (Wildman–Crippen LogP) is 2.14. The second-order valence-corrected chi connectivity index (χ2v) is 6.26. The first-order valence-corrected chi connectivity index (χ1v) is 8.57. The quantitative estimate of drug-likeness (QED) is 0.652. The second kappa shape index (κ2) is 8.33. The highest BCUT2D eigenvalue weighted by atomic mass is 35.5. The van der Waals surface area contributed by atoms with Crippen LogP contribution in [0.25, 0.3) is 11.3 Å². The fraction of sp³-hybridized carbons (Fsp3) is 0.412. The van der Waals surface area contributed by atoms with Gasteiger partial charge in [-0.2, -0.15) is 0 Å². The summed E-state index contributed by atoms with van der Waals surface area (Å²) in [6.07, 6.45) is 0.903. The lowest BCUT2D eigenvalue weighted by atomic mass is 10.1. The number of methoxy groups -OCH3 is 1. The van der Waals surface area contributed by atoms with Gasteiger partial charge in [0.2, 0.25) is 0 Å². The van der Waals surface area contributed by atoms with Crippen LogP contribution in [0.4, 0.5) is 5.82 Å². The molecule has 1 aromatic heterocycles. The van der Waals surface area contributed by atoms with Crippen LogP contribution in [-0.2, 0) is 4.74 Å². The van der Waals surface area contributed by atoms with Crippen LogP contribution in [0.15, 0.2) is 28.8 Å². The van der Waals surface area contributed by atoms with Crippen molar-refractivity contribution in [1.29, 1.82) is 0 Å². The van der Waals surface area contributed by atoms with Crippen LogP contribution < -0.4 is 16.0 Å². The van der Waals surface area contributed by atoms with Crippen molar-refractivity contribution in [2.75, 3.05) is 38.7 Å². The number of benzene rings is 1. The smallest absolute Gasteiger partial charge is 0.259 e. The van der Waals surface area contributed by atoms with E-state index in [0.29, 0.717) is 35.3 Å². The van der Waals surface area contributed by atoms with E-state index in [1.54, 1.807) is 31.4 Å². The molecule has 1 aliphatic heterocycles. The minimum atomic E-state index is -0.209. The number of aromatic nitrogens is 1. The summed E-state index contributed by atoms with van der Waals surface area (Å²) in [5.41, 5.74) is 1.14. The maximum Gasteiger partial charge on any atom is 0.259 e. The van der Waals surface area contributed by atoms with Gasteiger partial charge in [-0.15, -0.1) is 0 Å². The Labute approximate surface area is 151 Å². The second-order valence-electron chi connectivity index (χ2n) is 5.82. The molecule has 1 fully saturated rings. The van der Waals surface area contributed by atoms with E-state index < -0.39 is 0 Å². The Morgan fingerprint density at radius 2 is 2.24 bits per heavy atom. The molecular formula is C17H21ClN4O3. The van der Waals surface area contributed by atoms with Gasteiger partial charge in [0.25, 0.3) is 5.91 Å². The molecule has 0 aliphatic carbocycles. The number of hydrogen-bond donors (Lipinski definition) is 3. The zero-order valence-electron chi connectivity index (χ0n) is 14.0. The first-order valence-electron chi connectivity index (χ1n) is 8.19. The molecule has 1 amide bonds. The zero-order valence-corrected chi connectivity index (χ0v) is 14.7. The van der Waals surface area contributed by atoms with Crippen molar-refractivity contribution in [1.82, 2.24) is 15.8 Å². The van der Waals surface area contributed by atoms with Crippen LogP contribution in [-0.4, -0.2) is 50.5 Å². The number of anilines is 1. The number of nitrogens with one attached hydrogen (secondary N) is 3. The van der Waals surface area contributed by atoms with E-state index in [2.05, 4.69) is 21.1 Å². The fourth-order valence-electron chi connectivity index (χ4n) is 2.73. The Bertz CT molecular complexity index is 711.